The van der Waals surface area contributed by atoms with E-state index in [1.54, 1.807) is 6.34 Å². The minimum atomic E-state index is -1.53. The lowest BCUT2D eigenvalue weighted by atomic mass is 10.2. The molecule has 1 atom stereocenters. The van der Waals surface area contributed by atoms with Crippen molar-refractivity contribution in [3.63, 3.8) is 0 Å². The van der Waals surface area contributed by atoms with Crippen LogP contribution in [0.25, 0.3) is 0 Å². The van der Waals surface area contributed by atoms with Gasteiger partial charge >= 0.3 is 0 Å². The topological polar surface area (TPSA) is 15.6 Å². The van der Waals surface area contributed by atoms with Crippen molar-refractivity contribution < 1.29 is 0 Å². The van der Waals surface area contributed by atoms with E-state index in [1.807, 2.05) is 11.9 Å². The Hall–Kier alpha value is -0.723. The number of rotatable bonds is 3. The highest BCUT2D eigenvalue weighted by Crippen LogP contribution is 2.35. The maximum Gasteiger partial charge on any atom is 0.137 e. The van der Waals surface area contributed by atoms with Gasteiger partial charge in [-0.15, -0.1) is 5.54 Å². The van der Waals surface area contributed by atoms with Gasteiger partial charge in [0.05, 0.1) is 12.4 Å². The van der Waals surface area contributed by atoms with Gasteiger partial charge in [-0.05, 0) is 12.0 Å². The van der Waals surface area contributed by atoms with Crippen molar-refractivity contribution in [2.75, 3.05) is 7.05 Å². The summed E-state index contributed by atoms with van der Waals surface area (Å²) in [6.07, 6.45) is 1.67. The minimum Gasteiger partial charge on any atom is -0.352 e. The summed E-state index contributed by atoms with van der Waals surface area (Å²) in [5.41, 5.74) is 3.50. The lowest BCUT2D eigenvalue weighted by Gasteiger charge is -2.32. The van der Waals surface area contributed by atoms with Gasteiger partial charge in [-0.3, -0.25) is 0 Å². The molecular weight excluding hydrogens is 260 g/mol. The van der Waals surface area contributed by atoms with E-state index in [4.69, 9.17) is 11.6 Å². The lowest BCUT2D eigenvalue weighted by Crippen LogP contribution is -2.36. The first-order valence-corrected chi connectivity index (χ1v) is 9.48. The van der Waals surface area contributed by atoms with Gasteiger partial charge in [0.1, 0.15) is 13.2 Å². The molecule has 18 heavy (non-hydrogen) atoms. The van der Waals surface area contributed by atoms with E-state index in [9.17, 15) is 0 Å². The third kappa shape index (κ3) is 5.75. The highest BCUT2D eigenvalue weighted by molar-refractivity contribution is 6.87. The highest BCUT2D eigenvalue weighted by atomic mass is 35.5. The van der Waals surface area contributed by atoms with E-state index in [1.165, 1.54) is 0 Å². The molecule has 0 aromatic carbocycles. The maximum absolute atomic E-state index is 5.59. The summed E-state index contributed by atoms with van der Waals surface area (Å²) in [5, 5.41) is 0.572. The van der Waals surface area contributed by atoms with E-state index in [0.29, 0.717) is 0 Å². The van der Waals surface area contributed by atoms with Gasteiger partial charge in [0.2, 0.25) is 0 Å². The molecule has 2 nitrogen and oxygen atoms in total. The number of nitrogens with zero attached hydrogens (tertiary/aromatic N) is 2. The molecule has 0 aromatic heterocycles. The summed E-state index contributed by atoms with van der Waals surface area (Å²) in [5.74, 6) is 3.33. The van der Waals surface area contributed by atoms with Gasteiger partial charge in [0.25, 0.3) is 0 Å². The summed E-state index contributed by atoms with van der Waals surface area (Å²) in [6.45, 7) is 17.0. The molecule has 0 radical (unpaired) electrons. The second-order valence-corrected chi connectivity index (χ2v) is 11.5. The minimum absolute atomic E-state index is 0.124. The molecule has 0 amide bonds. The SMILES string of the molecule is C=C(Cl)N=CN(C)C(C)C#C[Si](C)(C)C(C)(C)C. The van der Waals surface area contributed by atoms with Crippen molar-refractivity contribution in [2.24, 2.45) is 4.99 Å². The Kier molecular flexibility index (Phi) is 6.19. The standard InChI is InChI=1S/C14H25ClN2Si/c1-12(17(6)11-16-13(2)15)9-10-18(7,8)14(3,4)5/h11-12H,2H2,1,3-8H3. The molecule has 0 aliphatic rings. The predicted molar refractivity (Wildman–Crippen MR) is 85.7 cm³/mol. The fourth-order valence-corrected chi connectivity index (χ4v) is 1.82. The molecule has 0 N–H and O–H groups in total. The fraction of sp³-hybridized carbons (Fsp3) is 0.643. The number of halogens is 1. The van der Waals surface area contributed by atoms with Crippen LogP contribution >= 0.6 is 11.6 Å². The van der Waals surface area contributed by atoms with Crippen LogP contribution in [0.5, 0.6) is 0 Å². The molecule has 1 unspecified atom stereocenters. The first kappa shape index (κ1) is 17.3. The molecule has 0 rings (SSSR count). The van der Waals surface area contributed by atoms with Gasteiger partial charge in [-0.1, -0.05) is 58.0 Å². The van der Waals surface area contributed by atoms with Crippen molar-refractivity contribution >= 4 is 26.0 Å². The average molecular weight is 285 g/mol. The van der Waals surface area contributed by atoms with Crippen molar-refractivity contribution in [2.45, 2.75) is 51.9 Å². The van der Waals surface area contributed by atoms with Crippen LogP contribution < -0.4 is 0 Å². The van der Waals surface area contributed by atoms with Crippen molar-refractivity contribution in [1.29, 1.82) is 0 Å². The van der Waals surface area contributed by atoms with Crippen LogP contribution in [0.3, 0.4) is 0 Å². The molecule has 4 heteroatoms. The van der Waals surface area contributed by atoms with Gasteiger partial charge in [-0.2, -0.15) is 0 Å². The number of hydrogen-bond donors (Lipinski definition) is 0. The van der Waals surface area contributed by atoms with Crippen LogP contribution in [0.4, 0.5) is 0 Å². The van der Waals surface area contributed by atoms with E-state index in [0.717, 1.165) is 0 Å². The summed E-state index contributed by atoms with van der Waals surface area (Å²) >= 11 is 5.59. The first-order valence-electron chi connectivity index (χ1n) is 6.10. The maximum atomic E-state index is 5.59. The van der Waals surface area contributed by atoms with Crippen LogP contribution in [-0.2, 0) is 0 Å². The summed E-state index contributed by atoms with van der Waals surface area (Å²) < 4.78 is 0. The zero-order valence-electron chi connectivity index (χ0n) is 12.6. The Morgan fingerprint density at radius 3 is 2.33 bits per heavy atom. The van der Waals surface area contributed by atoms with Crippen molar-refractivity contribution in [3.05, 3.63) is 11.7 Å². The Morgan fingerprint density at radius 1 is 1.44 bits per heavy atom. The lowest BCUT2D eigenvalue weighted by molar-refractivity contribution is 0.478. The van der Waals surface area contributed by atoms with E-state index < -0.39 is 8.07 Å². The van der Waals surface area contributed by atoms with E-state index in [2.05, 4.69) is 63.8 Å². The quantitative estimate of drug-likeness (QED) is 0.250. The second kappa shape index (κ2) is 6.45. The molecule has 0 fully saturated rings. The van der Waals surface area contributed by atoms with Gasteiger partial charge < -0.3 is 4.90 Å². The first-order chi connectivity index (χ1) is 7.97. The Labute approximate surface area is 118 Å². The monoisotopic (exact) mass is 284 g/mol. The number of aliphatic imine (C=N–C) groups is 1. The van der Waals surface area contributed by atoms with Crippen LogP contribution in [0.1, 0.15) is 27.7 Å². The molecule has 0 saturated carbocycles. The predicted octanol–water partition coefficient (Wildman–Crippen LogP) is 4.10. The van der Waals surface area contributed by atoms with Crippen molar-refractivity contribution in [3.8, 4) is 11.5 Å². The molecule has 102 valence electrons. The van der Waals surface area contributed by atoms with Crippen LogP contribution in [0, 0.1) is 11.5 Å². The van der Waals surface area contributed by atoms with Crippen LogP contribution in [0.15, 0.2) is 16.7 Å². The number of hydrogen-bond acceptors (Lipinski definition) is 1. The Balaban J connectivity index is 4.78. The van der Waals surface area contributed by atoms with Crippen LogP contribution in [-0.4, -0.2) is 32.4 Å². The molecule has 0 bridgehead atoms. The van der Waals surface area contributed by atoms with E-state index >= 15 is 0 Å². The Bertz CT molecular complexity index is 383. The summed E-state index contributed by atoms with van der Waals surface area (Å²) in [6, 6.07) is 0.124. The largest absolute Gasteiger partial charge is 0.352 e. The molecular formula is C14H25ClN2Si. The van der Waals surface area contributed by atoms with E-state index in [-0.39, 0.29) is 16.2 Å². The normalized spacial score (nSPS) is 14.0. The van der Waals surface area contributed by atoms with Gasteiger partial charge in [0.15, 0.2) is 0 Å². The third-order valence-corrected chi connectivity index (χ3v) is 8.08. The summed E-state index contributed by atoms with van der Waals surface area (Å²) in [4.78, 5) is 5.89. The van der Waals surface area contributed by atoms with Gasteiger partial charge in [0, 0.05) is 7.05 Å². The second-order valence-electron chi connectivity index (χ2n) is 6.11. The van der Waals surface area contributed by atoms with Crippen LogP contribution in [0.2, 0.25) is 18.1 Å². The van der Waals surface area contributed by atoms with Crippen molar-refractivity contribution in [1.82, 2.24) is 4.90 Å². The molecule has 0 aliphatic carbocycles. The Morgan fingerprint density at radius 2 is 1.94 bits per heavy atom. The molecule has 0 aromatic rings. The van der Waals surface area contributed by atoms with Gasteiger partial charge in [-0.25, -0.2) is 4.99 Å². The zero-order valence-corrected chi connectivity index (χ0v) is 14.4. The average Bonchev–Trinajstić information content (AvgIpc) is 2.20. The summed E-state index contributed by atoms with van der Waals surface area (Å²) in [7, 11) is 0.405. The highest BCUT2D eigenvalue weighted by Gasteiger charge is 2.33. The molecule has 0 heterocycles. The molecule has 0 saturated heterocycles. The third-order valence-electron chi connectivity index (χ3n) is 3.46. The fourth-order valence-electron chi connectivity index (χ4n) is 0.828. The zero-order chi connectivity index (χ0) is 14.6. The molecule has 0 spiro atoms. The molecule has 0 aliphatic heterocycles. The smallest absolute Gasteiger partial charge is 0.137 e.